The lowest BCUT2D eigenvalue weighted by molar-refractivity contribution is -0.341. The standard InChI is InChI=1S/C23H24FN4O9P/c1-23(2)22(31)28(11-36-38(32,33)34)21-18(37-23)5-4-13(26-21)9-15-14(24)10-25-19(27-15)8-12-6-16(29)20(35-3)17(30)7-12/h4-7,10,29-30H,8-9,11H2,1-3H3,(H2,32,33,34)/p-2/i1D3,2D3. The number of fused-ring (bicyclic) bond motifs is 1. The van der Waals surface area contributed by atoms with Crippen LogP contribution < -0.4 is 24.2 Å². The van der Waals surface area contributed by atoms with Crippen molar-refractivity contribution >= 4 is 19.5 Å². The summed E-state index contributed by atoms with van der Waals surface area (Å²) in [5, 5.41) is 20.1. The molecule has 2 N–H and O–H groups in total. The van der Waals surface area contributed by atoms with E-state index in [0.717, 1.165) is 12.3 Å². The Labute approximate surface area is 224 Å². The average molecular weight is 554 g/mol. The van der Waals surface area contributed by atoms with Crippen molar-refractivity contribution in [2.45, 2.75) is 32.1 Å². The van der Waals surface area contributed by atoms with Crippen molar-refractivity contribution in [3.05, 3.63) is 59.1 Å². The number of methoxy groups -OCH3 is 1. The number of aromatic nitrogens is 3. The second kappa shape index (κ2) is 10.1. The summed E-state index contributed by atoms with van der Waals surface area (Å²) in [4.78, 5) is 48.1. The number of pyridine rings is 1. The number of anilines is 1. The van der Waals surface area contributed by atoms with Crippen molar-refractivity contribution in [2.75, 3.05) is 18.7 Å². The summed E-state index contributed by atoms with van der Waals surface area (Å²) >= 11 is 0. The zero-order valence-electron chi connectivity index (χ0n) is 25.4. The van der Waals surface area contributed by atoms with Crippen molar-refractivity contribution < 1.29 is 56.0 Å². The summed E-state index contributed by atoms with van der Waals surface area (Å²) in [5.41, 5.74) is -3.44. The highest BCUT2D eigenvalue weighted by Crippen LogP contribution is 2.39. The van der Waals surface area contributed by atoms with E-state index >= 15 is 0 Å². The number of halogens is 1. The first kappa shape index (κ1) is 20.2. The van der Waals surface area contributed by atoms with E-state index in [2.05, 4.69) is 19.5 Å². The third kappa shape index (κ3) is 5.83. The Balaban J connectivity index is 1.72. The minimum absolute atomic E-state index is 0.0452. The molecule has 1 amide bonds. The number of phosphoric ester groups is 1. The maximum absolute atomic E-state index is 14.7. The van der Waals surface area contributed by atoms with Gasteiger partial charge in [0.05, 0.1) is 26.8 Å². The zero-order valence-corrected chi connectivity index (χ0v) is 20.3. The van der Waals surface area contributed by atoms with E-state index < -0.39 is 57.2 Å². The average Bonchev–Trinajstić information content (AvgIpc) is 2.87. The van der Waals surface area contributed by atoms with Gasteiger partial charge in [0.2, 0.25) is 5.75 Å². The molecule has 3 aromatic rings. The normalized spacial score (nSPS) is 17.7. The minimum Gasteiger partial charge on any atom is -0.790 e. The SMILES string of the molecule is [2H]C([2H])([2H])C1(C([2H])([2H])[2H])Oc2ccc(Cc3nc(Cc4cc(O)c(OC)c(O)c4)ncc3F)nc2N(COP(=O)([O-])[O-])C1=O. The molecule has 1 aromatic carbocycles. The number of benzene rings is 1. The summed E-state index contributed by atoms with van der Waals surface area (Å²) < 4.78 is 86.9. The van der Waals surface area contributed by atoms with Crippen LogP contribution in [0, 0.1) is 5.82 Å². The van der Waals surface area contributed by atoms with Gasteiger partial charge < -0.3 is 38.6 Å². The van der Waals surface area contributed by atoms with Gasteiger partial charge in [0.25, 0.3) is 5.91 Å². The number of ether oxygens (including phenoxy) is 2. The number of rotatable bonds is 8. The Morgan fingerprint density at radius 1 is 1.21 bits per heavy atom. The summed E-state index contributed by atoms with van der Waals surface area (Å²) in [7, 11) is -4.52. The molecule has 3 heterocycles. The van der Waals surface area contributed by atoms with Crippen LogP contribution in [-0.4, -0.2) is 50.5 Å². The highest BCUT2D eigenvalue weighted by atomic mass is 31.2. The summed E-state index contributed by atoms with van der Waals surface area (Å²) in [6.45, 7) is -8.68. The Morgan fingerprint density at radius 2 is 1.92 bits per heavy atom. The van der Waals surface area contributed by atoms with Gasteiger partial charge in [-0.15, -0.1) is 0 Å². The van der Waals surface area contributed by atoms with Gasteiger partial charge in [0.15, 0.2) is 34.5 Å². The topological polar surface area (TPSA) is 190 Å². The number of hydrogen-bond acceptors (Lipinski definition) is 12. The van der Waals surface area contributed by atoms with Crippen molar-refractivity contribution in [1.29, 1.82) is 0 Å². The fraction of sp³-hybridized carbons (Fsp3) is 0.304. The van der Waals surface area contributed by atoms with Crippen LogP contribution in [-0.2, 0) is 26.7 Å². The zero-order chi connectivity index (χ0) is 32.8. The molecular formula is C23H22FN4O9P-2. The molecule has 15 heteroatoms. The maximum atomic E-state index is 14.7. The number of phosphoric acid groups is 1. The van der Waals surface area contributed by atoms with E-state index in [1.807, 2.05) is 0 Å². The van der Waals surface area contributed by atoms with Crippen molar-refractivity contribution in [1.82, 2.24) is 15.0 Å². The number of aromatic hydroxyl groups is 2. The monoisotopic (exact) mass is 554 g/mol. The van der Waals surface area contributed by atoms with E-state index in [4.69, 9.17) is 17.7 Å². The summed E-state index contributed by atoms with van der Waals surface area (Å²) in [6.07, 6.45) is 0.398. The molecule has 1 aliphatic rings. The Bertz CT molecular complexity index is 1620. The second-order valence-corrected chi connectivity index (χ2v) is 9.10. The highest BCUT2D eigenvalue weighted by Gasteiger charge is 2.42. The van der Waals surface area contributed by atoms with Gasteiger partial charge in [-0.25, -0.2) is 19.3 Å². The minimum atomic E-state index is -5.76. The number of amides is 1. The summed E-state index contributed by atoms with van der Waals surface area (Å²) in [5.74, 6) is -4.69. The van der Waals surface area contributed by atoms with Gasteiger partial charge >= 0.3 is 0 Å². The lowest BCUT2D eigenvalue weighted by Gasteiger charge is -2.39. The third-order valence-electron chi connectivity index (χ3n) is 5.20. The molecule has 0 bridgehead atoms. The van der Waals surface area contributed by atoms with Crippen LogP contribution in [0.5, 0.6) is 23.0 Å². The smallest absolute Gasteiger partial charge is 0.273 e. The van der Waals surface area contributed by atoms with Crippen molar-refractivity contribution in [2.24, 2.45) is 0 Å². The Hall–Kier alpha value is -3.84. The molecule has 13 nitrogen and oxygen atoms in total. The second-order valence-electron chi connectivity index (χ2n) is 7.95. The van der Waals surface area contributed by atoms with Gasteiger partial charge in [-0.2, -0.15) is 0 Å². The van der Waals surface area contributed by atoms with Gasteiger partial charge in [-0.3, -0.25) is 9.69 Å². The van der Waals surface area contributed by atoms with Crippen LogP contribution in [0.3, 0.4) is 0 Å². The van der Waals surface area contributed by atoms with Crippen LogP contribution in [0.25, 0.3) is 0 Å². The maximum Gasteiger partial charge on any atom is 0.273 e. The first-order valence-electron chi connectivity index (χ1n) is 13.5. The third-order valence-corrected chi connectivity index (χ3v) is 5.63. The number of nitrogens with zero attached hydrogens (tertiary/aromatic N) is 4. The van der Waals surface area contributed by atoms with Crippen LogP contribution >= 0.6 is 7.82 Å². The van der Waals surface area contributed by atoms with Gasteiger partial charge in [-0.1, -0.05) is 0 Å². The predicted octanol–water partition coefficient (Wildman–Crippen LogP) is 0.919. The molecule has 0 radical (unpaired) electrons. The van der Waals surface area contributed by atoms with E-state index in [9.17, 15) is 33.7 Å². The molecule has 0 saturated carbocycles. The highest BCUT2D eigenvalue weighted by molar-refractivity contribution is 7.43. The molecule has 0 unspecified atom stereocenters. The Kier molecular flexibility index (Phi) is 5.38. The van der Waals surface area contributed by atoms with Crippen LogP contribution in [0.1, 0.15) is 44.7 Å². The molecular weight excluding hydrogens is 526 g/mol. The fourth-order valence-electron chi connectivity index (χ4n) is 3.56. The van der Waals surface area contributed by atoms with E-state index in [-0.39, 0.29) is 52.2 Å². The molecule has 0 spiro atoms. The number of hydrogen-bond donors (Lipinski definition) is 2. The van der Waals surface area contributed by atoms with Gasteiger partial charge in [0, 0.05) is 26.8 Å². The molecule has 4 rings (SSSR count). The fourth-order valence-corrected chi connectivity index (χ4v) is 3.82. The molecule has 0 atom stereocenters. The molecule has 2 aromatic heterocycles. The van der Waals surface area contributed by atoms with Crippen LogP contribution in [0.2, 0.25) is 0 Å². The number of phenolic OH excluding ortho intramolecular Hbond substituents is 2. The van der Waals surface area contributed by atoms with Crippen molar-refractivity contribution in [3.8, 4) is 23.0 Å². The Morgan fingerprint density at radius 3 is 2.55 bits per heavy atom. The van der Waals surface area contributed by atoms with Gasteiger partial charge in [-0.05, 0) is 43.5 Å². The van der Waals surface area contributed by atoms with E-state index in [0.29, 0.717) is 5.56 Å². The number of phenols is 2. The quantitative estimate of drug-likeness (QED) is 0.375. The molecule has 0 fully saturated rings. The van der Waals surface area contributed by atoms with E-state index in [1.165, 1.54) is 25.3 Å². The van der Waals surface area contributed by atoms with Gasteiger partial charge in [0.1, 0.15) is 12.6 Å². The summed E-state index contributed by atoms with van der Waals surface area (Å²) in [6, 6.07) is 4.78. The number of carbonyl (C=O) groups excluding carboxylic acids is 1. The lowest BCUT2D eigenvalue weighted by Crippen LogP contribution is -2.53. The number of carbonyl (C=O) groups is 1. The molecule has 1 aliphatic heterocycles. The van der Waals surface area contributed by atoms with E-state index in [1.54, 1.807) is 0 Å². The first-order valence-corrected chi connectivity index (χ1v) is 12.0. The largest absolute Gasteiger partial charge is 0.790 e. The molecule has 38 heavy (non-hydrogen) atoms. The molecule has 0 aliphatic carbocycles. The van der Waals surface area contributed by atoms with Crippen molar-refractivity contribution in [3.63, 3.8) is 0 Å². The lowest BCUT2D eigenvalue weighted by atomic mass is 10.1. The predicted molar refractivity (Wildman–Crippen MR) is 124 cm³/mol. The van der Waals surface area contributed by atoms with Crippen LogP contribution in [0.15, 0.2) is 30.5 Å². The van der Waals surface area contributed by atoms with Crippen LogP contribution in [0.4, 0.5) is 10.2 Å². The first-order chi connectivity index (χ1) is 20.3. The molecule has 202 valence electrons. The molecule has 0 saturated heterocycles.